The molecule has 0 aromatic carbocycles. The zero-order valence-corrected chi connectivity index (χ0v) is 12.1. The van der Waals surface area contributed by atoms with Gasteiger partial charge in [0.2, 0.25) is 5.91 Å². The first-order chi connectivity index (χ1) is 10.2. The molecule has 0 unspecified atom stereocenters. The molecule has 2 atom stereocenters. The van der Waals surface area contributed by atoms with E-state index in [2.05, 4.69) is 12.2 Å². The normalized spacial score (nSPS) is 25.4. The number of ether oxygens (including phenoxy) is 1. The van der Waals surface area contributed by atoms with Crippen LogP contribution < -0.4 is 5.32 Å². The van der Waals surface area contributed by atoms with Gasteiger partial charge in [-0.25, -0.2) is 0 Å². The van der Waals surface area contributed by atoms with Gasteiger partial charge in [0.15, 0.2) is 0 Å². The molecule has 3 rings (SSSR count). The summed E-state index contributed by atoms with van der Waals surface area (Å²) in [7, 11) is 0. The Labute approximate surface area is 123 Å². The number of fused-ring (bicyclic) bond motifs is 1. The molecular formula is C15H20N2O4. The minimum atomic E-state index is -0.111. The standard InChI is InChI=1S/C15H20N2O4/c1-2-3-12-10(5-7-20-12)15(19)17-6-4-13-11(8-17)16-14(18)9-21-13/h5,7,11,13H,2-4,6,8-9H2,1H3,(H,16,18)/t11-,13-/m1/s1. The maximum Gasteiger partial charge on any atom is 0.257 e. The third-order valence-corrected chi connectivity index (χ3v) is 4.06. The number of amides is 2. The van der Waals surface area contributed by atoms with Gasteiger partial charge in [-0.05, 0) is 18.9 Å². The predicted octanol–water partition coefficient (Wildman–Crippen LogP) is 0.962. The van der Waals surface area contributed by atoms with E-state index in [4.69, 9.17) is 9.15 Å². The third kappa shape index (κ3) is 2.81. The Kier molecular flexibility index (Phi) is 3.96. The highest BCUT2D eigenvalue weighted by molar-refractivity contribution is 5.95. The number of hydrogen-bond acceptors (Lipinski definition) is 4. The Morgan fingerprint density at radius 3 is 3.19 bits per heavy atom. The van der Waals surface area contributed by atoms with Crippen LogP contribution >= 0.6 is 0 Å². The molecule has 2 amide bonds. The number of rotatable bonds is 3. The Morgan fingerprint density at radius 1 is 1.52 bits per heavy atom. The van der Waals surface area contributed by atoms with Crippen molar-refractivity contribution in [3.05, 3.63) is 23.7 Å². The summed E-state index contributed by atoms with van der Waals surface area (Å²) in [5.74, 6) is 0.611. The zero-order valence-electron chi connectivity index (χ0n) is 12.1. The van der Waals surface area contributed by atoms with Crippen molar-refractivity contribution in [2.24, 2.45) is 0 Å². The Hall–Kier alpha value is -1.82. The van der Waals surface area contributed by atoms with Gasteiger partial charge in [-0.15, -0.1) is 0 Å². The number of hydrogen-bond donors (Lipinski definition) is 1. The molecule has 1 N–H and O–H groups in total. The van der Waals surface area contributed by atoms with Gasteiger partial charge in [0.1, 0.15) is 12.4 Å². The van der Waals surface area contributed by atoms with Gasteiger partial charge in [0.05, 0.1) is 24.0 Å². The highest BCUT2D eigenvalue weighted by Gasteiger charge is 2.37. The van der Waals surface area contributed by atoms with Gasteiger partial charge in [-0.2, -0.15) is 0 Å². The van der Waals surface area contributed by atoms with Gasteiger partial charge in [-0.1, -0.05) is 6.92 Å². The van der Waals surface area contributed by atoms with E-state index in [9.17, 15) is 9.59 Å². The van der Waals surface area contributed by atoms with Crippen LogP contribution in [-0.2, 0) is 16.0 Å². The molecule has 21 heavy (non-hydrogen) atoms. The lowest BCUT2D eigenvalue weighted by Gasteiger charge is -2.41. The SMILES string of the molecule is CCCc1occc1C(=O)N1CC[C@H]2OCC(=O)N[C@@H]2C1. The van der Waals surface area contributed by atoms with Gasteiger partial charge in [-0.3, -0.25) is 9.59 Å². The first-order valence-electron chi connectivity index (χ1n) is 7.45. The molecule has 0 aliphatic carbocycles. The summed E-state index contributed by atoms with van der Waals surface area (Å²) in [6.45, 7) is 3.31. The summed E-state index contributed by atoms with van der Waals surface area (Å²) in [5.41, 5.74) is 0.637. The van der Waals surface area contributed by atoms with Crippen LogP contribution in [0.25, 0.3) is 0 Å². The lowest BCUT2D eigenvalue weighted by Crippen LogP contribution is -2.61. The van der Waals surface area contributed by atoms with E-state index in [-0.39, 0.29) is 30.6 Å². The molecular weight excluding hydrogens is 272 g/mol. The number of likely N-dealkylation sites (tertiary alicyclic amines) is 1. The van der Waals surface area contributed by atoms with E-state index in [1.54, 1.807) is 17.2 Å². The van der Waals surface area contributed by atoms with Crippen molar-refractivity contribution in [3.8, 4) is 0 Å². The third-order valence-electron chi connectivity index (χ3n) is 4.06. The summed E-state index contributed by atoms with van der Waals surface area (Å²) in [5, 5.41) is 2.91. The maximum absolute atomic E-state index is 12.6. The molecule has 6 nitrogen and oxygen atoms in total. The second-order valence-electron chi connectivity index (χ2n) is 5.57. The largest absolute Gasteiger partial charge is 0.469 e. The van der Waals surface area contributed by atoms with Crippen LogP contribution in [0, 0.1) is 0 Å². The number of morpholine rings is 1. The number of carbonyl (C=O) groups is 2. The van der Waals surface area contributed by atoms with Gasteiger partial charge < -0.3 is 19.4 Å². The topological polar surface area (TPSA) is 71.8 Å². The van der Waals surface area contributed by atoms with Crippen molar-refractivity contribution >= 4 is 11.8 Å². The van der Waals surface area contributed by atoms with E-state index >= 15 is 0 Å². The fourth-order valence-electron chi connectivity index (χ4n) is 3.01. The van der Waals surface area contributed by atoms with Crippen LogP contribution in [0.1, 0.15) is 35.9 Å². The fraction of sp³-hybridized carbons (Fsp3) is 0.600. The molecule has 3 heterocycles. The highest BCUT2D eigenvalue weighted by Crippen LogP contribution is 2.21. The van der Waals surface area contributed by atoms with Crippen LogP contribution in [0.15, 0.2) is 16.7 Å². The molecule has 2 saturated heterocycles. The summed E-state index contributed by atoms with van der Waals surface area (Å²) >= 11 is 0. The zero-order chi connectivity index (χ0) is 14.8. The molecule has 0 saturated carbocycles. The number of furan rings is 1. The number of piperidine rings is 1. The summed E-state index contributed by atoms with van der Waals surface area (Å²) in [6.07, 6.45) is 4.02. The van der Waals surface area contributed by atoms with E-state index < -0.39 is 0 Å². The molecule has 2 fully saturated rings. The molecule has 0 spiro atoms. The minimum absolute atomic E-state index is 0.0196. The van der Waals surface area contributed by atoms with E-state index in [1.807, 2.05) is 0 Å². The van der Waals surface area contributed by atoms with Gasteiger partial charge >= 0.3 is 0 Å². The second kappa shape index (κ2) is 5.89. The first-order valence-corrected chi connectivity index (χ1v) is 7.45. The monoisotopic (exact) mass is 292 g/mol. The second-order valence-corrected chi connectivity index (χ2v) is 5.57. The molecule has 6 heteroatoms. The number of nitrogens with one attached hydrogen (secondary N) is 1. The number of nitrogens with zero attached hydrogens (tertiary/aromatic N) is 1. The number of carbonyl (C=O) groups excluding carboxylic acids is 2. The fourth-order valence-corrected chi connectivity index (χ4v) is 3.01. The van der Waals surface area contributed by atoms with E-state index in [1.165, 1.54) is 0 Å². The van der Waals surface area contributed by atoms with E-state index in [0.717, 1.165) is 25.0 Å². The van der Waals surface area contributed by atoms with Crippen molar-refractivity contribution in [2.75, 3.05) is 19.7 Å². The molecule has 2 aliphatic rings. The first kappa shape index (κ1) is 14.1. The van der Waals surface area contributed by atoms with Crippen molar-refractivity contribution in [1.82, 2.24) is 10.2 Å². The average molecular weight is 292 g/mol. The van der Waals surface area contributed by atoms with Crippen LogP contribution in [0.3, 0.4) is 0 Å². The molecule has 2 aliphatic heterocycles. The van der Waals surface area contributed by atoms with Crippen molar-refractivity contribution in [2.45, 2.75) is 38.3 Å². The predicted molar refractivity (Wildman–Crippen MR) is 74.9 cm³/mol. The molecule has 0 bridgehead atoms. The average Bonchev–Trinajstić information content (AvgIpc) is 2.94. The minimum Gasteiger partial charge on any atom is -0.469 e. The van der Waals surface area contributed by atoms with Crippen LogP contribution in [0.2, 0.25) is 0 Å². The quantitative estimate of drug-likeness (QED) is 0.901. The summed E-state index contributed by atoms with van der Waals surface area (Å²) in [4.78, 5) is 25.8. The van der Waals surface area contributed by atoms with E-state index in [0.29, 0.717) is 18.7 Å². The Morgan fingerprint density at radius 2 is 2.38 bits per heavy atom. The summed E-state index contributed by atoms with van der Waals surface area (Å²) in [6, 6.07) is 1.63. The lowest BCUT2D eigenvalue weighted by atomic mass is 9.99. The maximum atomic E-state index is 12.6. The highest BCUT2D eigenvalue weighted by atomic mass is 16.5. The van der Waals surface area contributed by atoms with Crippen molar-refractivity contribution in [3.63, 3.8) is 0 Å². The van der Waals surface area contributed by atoms with Gasteiger partial charge in [0, 0.05) is 19.5 Å². The van der Waals surface area contributed by atoms with Crippen LogP contribution in [0.5, 0.6) is 0 Å². The Balaban J connectivity index is 1.70. The molecule has 1 aromatic rings. The molecule has 0 radical (unpaired) electrons. The Bertz CT molecular complexity index is 540. The van der Waals surface area contributed by atoms with Crippen molar-refractivity contribution in [1.29, 1.82) is 0 Å². The smallest absolute Gasteiger partial charge is 0.257 e. The molecule has 114 valence electrons. The molecule has 1 aromatic heterocycles. The lowest BCUT2D eigenvalue weighted by molar-refractivity contribution is -0.139. The van der Waals surface area contributed by atoms with Crippen LogP contribution in [0.4, 0.5) is 0 Å². The number of aryl methyl sites for hydroxylation is 1. The summed E-state index contributed by atoms with van der Waals surface area (Å²) < 4.78 is 10.9. The van der Waals surface area contributed by atoms with Crippen molar-refractivity contribution < 1.29 is 18.7 Å². The van der Waals surface area contributed by atoms with Crippen LogP contribution in [-0.4, -0.2) is 48.6 Å². The van der Waals surface area contributed by atoms with Gasteiger partial charge in [0.25, 0.3) is 5.91 Å².